The minimum atomic E-state index is -3.10. The molecule has 0 fully saturated rings. The van der Waals surface area contributed by atoms with E-state index in [1.807, 2.05) is 26.0 Å². The molecule has 0 radical (unpaired) electrons. The van der Waals surface area contributed by atoms with Gasteiger partial charge < -0.3 is 14.8 Å². The molecule has 0 bridgehead atoms. The first-order valence-corrected chi connectivity index (χ1v) is 11.3. The van der Waals surface area contributed by atoms with E-state index in [0.29, 0.717) is 24.3 Å². The van der Waals surface area contributed by atoms with Gasteiger partial charge in [0.1, 0.15) is 17.6 Å². The number of hydrogen-bond donors (Lipinski definition) is 1. The summed E-state index contributed by atoms with van der Waals surface area (Å²) in [6.45, 7) is 4.80. The van der Waals surface area contributed by atoms with Crippen molar-refractivity contribution >= 4 is 15.7 Å². The van der Waals surface area contributed by atoms with Gasteiger partial charge in [-0.2, -0.15) is 0 Å². The maximum Gasteiger partial charge on any atom is 0.251 e. The monoisotopic (exact) mass is 403 g/mol. The SMILES string of the molecule is CCOc1cc2c(cc1CNC(=O)c1ccc(CS(C)(=O)=O)cc1)O[C@@H](C)C2. The number of hydrogen-bond acceptors (Lipinski definition) is 5. The predicted octanol–water partition coefficient (Wildman–Crippen LogP) is 2.88. The van der Waals surface area contributed by atoms with Crippen LogP contribution in [0.3, 0.4) is 0 Å². The third kappa shape index (κ3) is 5.04. The molecule has 3 rings (SSSR count). The zero-order valence-electron chi connectivity index (χ0n) is 16.3. The number of amides is 1. The molecule has 1 atom stereocenters. The average Bonchev–Trinajstić information content (AvgIpc) is 2.98. The Morgan fingerprint density at radius 2 is 1.96 bits per heavy atom. The molecule has 1 aliphatic rings. The van der Waals surface area contributed by atoms with Crippen LogP contribution in [0.1, 0.15) is 40.9 Å². The number of ether oxygens (including phenoxy) is 2. The number of nitrogens with one attached hydrogen (secondary N) is 1. The number of benzene rings is 2. The summed E-state index contributed by atoms with van der Waals surface area (Å²) >= 11 is 0. The van der Waals surface area contributed by atoms with Gasteiger partial charge in [0.05, 0.1) is 12.4 Å². The van der Waals surface area contributed by atoms with E-state index >= 15 is 0 Å². The zero-order chi connectivity index (χ0) is 20.3. The average molecular weight is 404 g/mol. The van der Waals surface area contributed by atoms with Gasteiger partial charge in [-0.05, 0) is 43.7 Å². The highest BCUT2D eigenvalue weighted by molar-refractivity contribution is 7.89. The maximum absolute atomic E-state index is 12.5. The molecule has 28 heavy (non-hydrogen) atoms. The molecule has 0 aliphatic carbocycles. The van der Waals surface area contributed by atoms with Crippen molar-refractivity contribution in [3.8, 4) is 11.5 Å². The quantitative estimate of drug-likeness (QED) is 0.769. The molecule has 0 aromatic heterocycles. The van der Waals surface area contributed by atoms with Crippen molar-refractivity contribution < 1.29 is 22.7 Å². The Labute approximate surface area is 165 Å². The van der Waals surface area contributed by atoms with Gasteiger partial charge in [0.25, 0.3) is 5.91 Å². The van der Waals surface area contributed by atoms with E-state index < -0.39 is 9.84 Å². The van der Waals surface area contributed by atoms with Crippen molar-refractivity contribution in [1.29, 1.82) is 0 Å². The van der Waals surface area contributed by atoms with E-state index in [-0.39, 0.29) is 17.8 Å². The van der Waals surface area contributed by atoms with Crippen LogP contribution in [0, 0.1) is 0 Å². The fourth-order valence-corrected chi connectivity index (χ4v) is 4.04. The van der Waals surface area contributed by atoms with E-state index in [1.165, 1.54) is 6.26 Å². The lowest BCUT2D eigenvalue weighted by Gasteiger charge is -2.13. The molecule has 0 unspecified atom stereocenters. The fraction of sp³-hybridized carbons (Fsp3) is 0.381. The van der Waals surface area contributed by atoms with Crippen molar-refractivity contribution in [2.24, 2.45) is 0 Å². The van der Waals surface area contributed by atoms with Crippen LogP contribution >= 0.6 is 0 Å². The van der Waals surface area contributed by atoms with Gasteiger partial charge >= 0.3 is 0 Å². The first-order chi connectivity index (χ1) is 13.2. The first kappa shape index (κ1) is 20.2. The predicted molar refractivity (Wildman–Crippen MR) is 108 cm³/mol. The van der Waals surface area contributed by atoms with Crippen LogP contribution in [0.15, 0.2) is 36.4 Å². The normalized spacial score (nSPS) is 15.6. The van der Waals surface area contributed by atoms with Gasteiger partial charge in [0.2, 0.25) is 0 Å². The minimum absolute atomic E-state index is 0.0415. The molecule has 1 heterocycles. The Morgan fingerprint density at radius 3 is 2.61 bits per heavy atom. The zero-order valence-corrected chi connectivity index (χ0v) is 17.1. The summed E-state index contributed by atoms with van der Waals surface area (Å²) in [5.74, 6) is 1.32. The number of carbonyl (C=O) groups is 1. The highest BCUT2D eigenvalue weighted by Crippen LogP contribution is 2.35. The number of fused-ring (bicyclic) bond motifs is 1. The van der Waals surface area contributed by atoms with Gasteiger partial charge in [-0.3, -0.25) is 4.79 Å². The molecule has 7 heteroatoms. The Kier molecular flexibility index (Phi) is 5.93. The van der Waals surface area contributed by atoms with Gasteiger partial charge in [-0.25, -0.2) is 8.42 Å². The summed E-state index contributed by atoms with van der Waals surface area (Å²) in [5, 5.41) is 2.89. The van der Waals surface area contributed by atoms with Gasteiger partial charge in [0.15, 0.2) is 9.84 Å². The van der Waals surface area contributed by atoms with E-state index in [0.717, 1.165) is 29.0 Å². The van der Waals surface area contributed by atoms with Crippen LogP contribution in [-0.4, -0.2) is 33.3 Å². The lowest BCUT2D eigenvalue weighted by molar-refractivity contribution is 0.0950. The van der Waals surface area contributed by atoms with Crippen molar-refractivity contribution in [3.05, 3.63) is 58.7 Å². The molecule has 2 aromatic carbocycles. The summed E-state index contributed by atoms with van der Waals surface area (Å²) in [6, 6.07) is 10.5. The van der Waals surface area contributed by atoms with Crippen LogP contribution in [0.5, 0.6) is 11.5 Å². The molecular weight excluding hydrogens is 378 g/mol. The molecule has 150 valence electrons. The second-order valence-electron chi connectivity index (χ2n) is 7.08. The van der Waals surface area contributed by atoms with Crippen molar-refractivity contribution in [2.45, 2.75) is 38.7 Å². The second-order valence-corrected chi connectivity index (χ2v) is 9.22. The van der Waals surface area contributed by atoms with E-state index in [1.54, 1.807) is 24.3 Å². The molecule has 0 saturated heterocycles. The smallest absolute Gasteiger partial charge is 0.251 e. The number of carbonyl (C=O) groups excluding carboxylic acids is 1. The highest BCUT2D eigenvalue weighted by Gasteiger charge is 2.22. The Hall–Kier alpha value is -2.54. The Bertz CT molecular complexity index is 967. The molecular formula is C21H25NO5S. The summed E-state index contributed by atoms with van der Waals surface area (Å²) in [5.41, 5.74) is 3.10. The third-order valence-corrected chi connectivity index (χ3v) is 5.32. The van der Waals surface area contributed by atoms with E-state index in [2.05, 4.69) is 5.32 Å². The lowest BCUT2D eigenvalue weighted by Crippen LogP contribution is -2.23. The van der Waals surface area contributed by atoms with Crippen molar-refractivity contribution in [3.63, 3.8) is 0 Å². The summed E-state index contributed by atoms with van der Waals surface area (Å²) < 4.78 is 34.3. The summed E-state index contributed by atoms with van der Waals surface area (Å²) in [4.78, 5) is 12.5. The standard InChI is InChI=1S/C21H25NO5S/c1-4-26-19-10-17-9-14(2)27-20(17)11-18(19)12-22-21(23)16-7-5-15(6-8-16)13-28(3,24)25/h5-8,10-11,14H,4,9,12-13H2,1-3H3,(H,22,23)/t14-/m0/s1. The van der Waals surface area contributed by atoms with Crippen LogP contribution in [-0.2, 0) is 28.6 Å². The largest absolute Gasteiger partial charge is 0.494 e. The maximum atomic E-state index is 12.5. The summed E-state index contributed by atoms with van der Waals surface area (Å²) in [6.07, 6.45) is 2.17. The molecule has 0 saturated carbocycles. The van der Waals surface area contributed by atoms with Gasteiger partial charge in [-0.1, -0.05) is 12.1 Å². The van der Waals surface area contributed by atoms with Gasteiger partial charge in [0, 0.05) is 35.9 Å². The molecule has 2 aromatic rings. The van der Waals surface area contributed by atoms with E-state index in [9.17, 15) is 13.2 Å². The number of sulfone groups is 1. The van der Waals surface area contributed by atoms with Crippen molar-refractivity contribution in [1.82, 2.24) is 5.32 Å². The lowest BCUT2D eigenvalue weighted by atomic mass is 10.1. The van der Waals surface area contributed by atoms with Crippen LogP contribution in [0.4, 0.5) is 0 Å². The van der Waals surface area contributed by atoms with E-state index in [4.69, 9.17) is 9.47 Å². The topological polar surface area (TPSA) is 81.7 Å². The molecule has 1 amide bonds. The number of rotatable bonds is 7. The fourth-order valence-electron chi connectivity index (χ4n) is 3.24. The molecule has 6 nitrogen and oxygen atoms in total. The van der Waals surface area contributed by atoms with Crippen molar-refractivity contribution in [2.75, 3.05) is 12.9 Å². The Morgan fingerprint density at radius 1 is 1.25 bits per heavy atom. The van der Waals surface area contributed by atoms with Crippen LogP contribution in [0.2, 0.25) is 0 Å². The summed E-state index contributed by atoms with van der Waals surface area (Å²) in [7, 11) is -3.10. The molecule has 0 spiro atoms. The molecule has 1 N–H and O–H groups in total. The minimum Gasteiger partial charge on any atom is -0.494 e. The van der Waals surface area contributed by atoms with Crippen LogP contribution in [0.25, 0.3) is 0 Å². The van der Waals surface area contributed by atoms with Gasteiger partial charge in [-0.15, -0.1) is 0 Å². The van der Waals surface area contributed by atoms with Crippen LogP contribution < -0.4 is 14.8 Å². The highest BCUT2D eigenvalue weighted by atomic mass is 32.2. The second kappa shape index (κ2) is 8.22. The Balaban J connectivity index is 1.70. The first-order valence-electron chi connectivity index (χ1n) is 9.25. The molecule has 1 aliphatic heterocycles. The third-order valence-electron chi connectivity index (χ3n) is 4.46.